The average Bonchev–Trinajstić information content (AvgIpc) is 4.26. The topological polar surface area (TPSA) is 315 Å². The predicted molar refractivity (Wildman–Crippen MR) is 315 cm³/mol. The van der Waals surface area contributed by atoms with Crippen LogP contribution in [0.2, 0.25) is 5.04 Å². The van der Waals surface area contributed by atoms with Crippen molar-refractivity contribution < 1.29 is 51.6 Å². The zero-order chi connectivity index (χ0) is 61.6. The first-order chi connectivity index (χ1) is 39.2. The molecule has 6 aromatic rings. The monoisotopic (exact) mass is 1210 g/mol. The van der Waals surface area contributed by atoms with E-state index in [1.807, 2.05) is 46.8 Å². The molecule has 3 saturated heterocycles. The molecular weight excluding hydrogens is 1140 g/mol. The van der Waals surface area contributed by atoms with Gasteiger partial charge in [0.1, 0.15) is 24.4 Å². The van der Waals surface area contributed by atoms with E-state index in [2.05, 4.69) is 84.3 Å². The minimum Gasteiger partial charge on any atom is -0.394 e. The first kappa shape index (κ1) is 67.6. The Bertz CT molecular complexity index is 3220. The molecular formula is C57H77ClN6O17SSi. The van der Waals surface area contributed by atoms with E-state index in [0.29, 0.717) is 6.42 Å². The van der Waals surface area contributed by atoms with Gasteiger partial charge in [-0.1, -0.05) is 127 Å². The zero-order valence-corrected chi connectivity index (χ0v) is 50.9. The number of hydrogen-bond donors (Lipinski definition) is 6. The SMILES string of the molecule is CC(C)(C)[Si](Cl)(c1ccccc1)c1ccccc1.CC[C@H]1O[C@@H](n2ccc(=O)[nH]c2=O)[C@@H](OC)C1C.CC[C@H]1O[C@@H](n2ccc(=O)[nH]c2=O)[C@@H](OC)C1O.CO[C@H]1C(C)[C@@H](CO)O[C@H]1n1ccc(=O)[nH]c1=O.Cc1ccc(S(=O)(=O)O)cc1. The lowest BCUT2D eigenvalue weighted by molar-refractivity contribution is -0.0625. The molecule has 0 spiro atoms. The number of benzene rings is 3. The van der Waals surface area contributed by atoms with E-state index < -0.39 is 94.3 Å². The van der Waals surface area contributed by atoms with Crippen molar-refractivity contribution in [1.29, 1.82) is 0 Å². The van der Waals surface area contributed by atoms with Crippen LogP contribution in [0.4, 0.5) is 0 Å². The van der Waals surface area contributed by atoms with Crippen LogP contribution in [0.3, 0.4) is 0 Å². The predicted octanol–water partition coefficient (Wildman–Crippen LogP) is 3.82. The van der Waals surface area contributed by atoms with E-state index in [1.165, 1.54) is 87.2 Å². The minimum atomic E-state index is -4.02. The van der Waals surface area contributed by atoms with Gasteiger partial charge in [0, 0.05) is 70.0 Å². The number of aryl methyl sites for hydroxylation is 1. The Morgan fingerprint density at radius 2 is 0.928 bits per heavy atom. The van der Waals surface area contributed by atoms with Gasteiger partial charge >= 0.3 is 17.1 Å². The second kappa shape index (κ2) is 30.0. The fourth-order valence-corrected chi connectivity index (χ4v) is 14.6. The number of hydrogen-bond acceptors (Lipinski definition) is 16. The molecule has 3 aliphatic heterocycles. The molecule has 6 N–H and O–H groups in total. The van der Waals surface area contributed by atoms with E-state index in [-0.39, 0.29) is 46.7 Å². The number of H-pyrrole nitrogens is 3. The van der Waals surface area contributed by atoms with Crippen molar-refractivity contribution in [1.82, 2.24) is 28.7 Å². The molecule has 0 radical (unpaired) electrons. The summed E-state index contributed by atoms with van der Waals surface area (Å²) in [5, 5.41) is 21.8. The molecule has 26 heteroatoms. The summed E-state index contributed by atoms with van der Waals surface area (Å²) < 4.78 is 66.4. The van der Waals surface area contributed by atoms with Crippen LogP contribution < -0.4 is 44.1 Å². The summed E-state index contributed by atoms with van der Waals surface area (Å²) >= 11 is 7.21. The van der Waals surface area contributed by atoms with Crippen molar-refractivity contribution in [2.24, 2.45) is 11.8 Å². The molecule has 0 aliphatic carbocycles. The molecule has 0 bridgehead atoms. The van der Waals surface area contributed by atoms with Crippen LogP contribution in [-0.4, -0.2) is 130 Å². The lowest BCUT2D eigenvalue weighted by atomic mass is 9.98. The maximum absolute atomic E-state index is 11.8. The standard InChI is InChI=1S/C16H19ClSi.C12H18N2O4.2C11H16N2O5.C7H8O3S/c1-16(2,3)18(17,14-10-6-4-7-11-14)15-12-8-5-9-13-15;1-4-8-7(2)10(17-3)11(18-8)14-6-5-9(15)13-12(14)16;1-6-7(5-14)18-10(9(6)17-2)13-4-3-8(15)12-11(13)16;1-3-6-8(15)9(17-2)10(18-6)13-5-4-7(14)12-11(13)16;1-6-2-4-7(5-3-6)11(8,9)10/h4-13H,1-3H3;5-8,10-11H,4H2,1-3H3,(H,13,15,16);3-4,6-7,9-10,14H,5H2,1-2H3,(H,12,15,16);4-6,8-10,15H,3H2,1-2H3,(H,12,14,16);2-5H,1H3,(H,8,9,10)/t;7?,8-,10+,11-;6?,7-,9+,10-;6-,8?,9+,10-;/m.111./s1. The first-order valence-corrected chi connectivity index (χ1v) is 31.3. The normalized spacial score (nSPS) is 24.9. The molecule has 3 aliphatic rings. The molecule has 3 unspecified atom stereocenters. The number of aliphatic hydroxyl groups excluding tert-OH is 2. The van der Waals surface area contributed by atoms with E-state index >= 15 is 0 Å². The Balaban J connectivity index is 0.000000192. The summed E-state index contributed by atoms with van der Waals surface area (Å²) in [6.45, 7) is 16.3. The highest BCUT2D eigenvalue weighted by Gasteiger charge is 2.48. The van der Waals surface area contributed by atoms with Crippen molar-refractivity contribution in [3.8, 4) is 0 Å². The van der Waals surface area contributed by atoms with E-state index in [4.69, 9.17) is 44.1 Å². The molecule has 3 aromatic carbocycles. The fourth-order valence-electron chi connectivity index (χ4n) is 9.99. The van der Waals surface area contributed by atoms with Crippen LogP contribution in [0.1, 0.15) is 85.6 Å². The minimum absolute atomic E-state index is 0.0520. The number of rotatable bonds is 12. The van der Waals surface area contributed by atoms with E-state index in [1.54, 1.807) is 19.2 Å². The molecule has 23 nitrogen and oxygen atoms in total. The fraction of sp³-hybridized carbons (Fsp3) is 0.474. The van der Waals surface area contributed by atoms with Crippen molar-refractivity contribution in [2.75, 3.05) is 27.9 Å². The number of methoxy groups -OCH3 is 3. The Kier molecular flexibility index (Phi) is 24.5. The summed E-state index contributed by atoms with van der Waals surface area (Å²) in [6.07, 6.45) is 1.02. The van der Waals surface area contributed by atoms with Gasteiger partial charge in [-0.05, 0) is 47.3 Å². The Morgan fingerprint density at radius 1 is 0.578 bits per heavy atom. The Labute approximate surface area is 486 Å². The van der Waals surface area contributed by atoms with Gasteiger partial charge < -0.3 is 38.6 Å². The number of aromatic amines is 3. The van der Waals surface area contributed by atoms with Crippen LogP contribution in [0.5, 0.6) is 0 Å². The lowest BCUT2D eigenvalue weighted by Gasteiger charge is -2.38. The van der Waals surface area contributed by atoms with Crippen LogP contribution in [0, 0.1) is 18.8 Å². The third-order valence-corrected chi connectivity index (χ3v) is 22.8. The largest absolute Gasteiger partial charge is 0.394 e. The lowest BCUT2D eigenvalue weighted by Crippen LogP contribution is -2.59. The van der Waals surface area contributed by atoms with Gasteiger partial charge in [-0.15, -0.1) is 0 Å². The summed E-state index contributed by atoms with van der Waals surface area (Å²) in [6, 6.07) is 30.8. The molecule has 12 atom stereocenters. The summed E-state index contributed by atoms with van der Waals surface area (Å²) in [5.41, 5.74) is -2.01. The van der Waals surface area contributed by atoms with Gasteiger partial charge in [0.05, 0.1) is 29.8 Å². The van der Waals surface area contributed by atoms with Gasteiger partial charge in [-0.2, -0.15) is 19.5 Å². The summed E-state index contributed by atoms with van der Waals surface area (Å²) in [7, 11) is -1.68. The smallest absolute Gasteiger partial charge is 0.330 e. The van der Waals surface area contributed by atoms with Crippen molar-refractivity contribution in [2.45, 2.75) is 140 Å². The summed E-state index contributed by atoms with van der Waals surface area (Å²) in [5.74, 6) is 0.146. The third-order valence-electron chi connectivity index (χ3n) is 14.6. The highest BCUT2D eigenvalue weighted by Crippen LogP contribution is 2.39. The highest BCUT2D eigenvalue weighted by molar-refractivity contribution is 7.85. The van der Waals surface area contributed by atoms with Crippen LogP contribution >= 0.6 is 11.1 Å². The average molecular weight is 1210 g/mol. The maximum Gasteiger partial charge on any atom is 0.330 e. The highest BCUT2D eigenvalue weighted by atomic mass is 35.6. The molecule has 0 saturated carbocycles. The number of nitrogens with zero attached hydrogens (tertiary/aromatic N) is 3. The zero-order valence-electron chi connectivity index (χ0n) is 48.3. The van der Waals surface area contributed by atoms with E-state index in [0.717, 1.165) is 12.0 Å². The van der Waals surface area contributed by atoms with Crippen LogP contribution in [0.25, 0.3) is 0 Å². The number of aromatic nitrogens is 6. The Hall–Kier alpha value is -6.20. The number of aliphatic hydroxyl groups is 2. The third kappa shape index (κ3) is 16.6. The summed E-state index contributed by atoms with van der Waals surface area (Å²) in [4.78, 5) is 74.7. The van der Waals surface area contributed by atoms with Gasteiger partial charge in [0.15, 0.2) is 18.7 Å². The maximum atomic E-state index is 11.8. The molecule has 3 aromatic heterocycles. The van der Waals surface area contributed by atoms with Gasteiger partial charge in [-0.25, -0.2) is 14.4 Å². The second-order valence-corrected chi connectivity index (χ2v) is 28.1. The quantitative estimate of drug-likeness (QED) is 0.0576. The number of ether oxygens (including phenoxy) is 6. The first-order valence-electron chi connectivity index (χ1n) is 26.8. The molecule has 0 amide bonds. The molecule has 9 rings (SSSR count). The van der Waals surface area contributed by atoms with Crippen molar-refractivity contribution in [3.05, 3.63) is 190 Å². The van der Waals surface area contributed by atoms with E-state index in [9.17, 15) is 47.4 Å². The molecule has 83 heavy (non-hydrogen) atoms. The number of halogens is 1. The molecule has 3 fully saturated rings. The van der Waals surface area contributed by atoms with Crippen molar-refractivity contribution >= 4 is 39.0 Å². The Morgan fingerprint density at radius 3 is 1.25 bits per heavy atom. The van der Waals surface area contributed by atoms with Gasteiger partial charge in [0.2, 0.25) is 7.38 Å². The second-order valence-electron chi connectivity index (χ2n) is 21.0. The van der Waals surface area contributed by atoms with Crippen LogP contribution in [-0.2, 0) is 38.5 Å². The molecule has 6 heterocycles. The molecule has 454 valence electrons. The van der Waals surface area contributed by atoms with Gasteiger partial charge in [-0.3, -0.25) is 47.6 Å². The van der Waals surface area contributed by atoms with Gasteiger partial charge in [0.25, 0.3) is 26.8 Å². The van der Waals surface area contributed by atoms with Crippen LogP contribution in [0.15, 0.2) is 155 Å². The van der Waals surface area contributed by atoms with Crippen molar-refractivity contribution in [3.63, 3.8) is 0 Å². The number of nitrogens with one attached hydrogen (secondary N) is 3.